The van der Waals surface area contributed by atoms with Crippen molar-refractivity contribution in [1.82, 2.24) is 4.31 Å². The van der Waals surface area contributed by atoms with Crippen LogP contribution in [0.5, 0.6) is 0 Å². The van der Waals surface area contributed by atoms with Crippen LogP contribution in [0.2, 0.25) is 5.02 Å². The number of nitrogens with one attached hydrogen (secondary N) is 1. The van der Waals surface area contributed by atoms with Gasteiger partial charge in [-0.05, 0) is 59.1 Å². The molecule has 2 aromatic carbocycles. The Morgan fingerprint density at radius 2 is 1.92 bits per heavy atom. The van der Waals surface area contributed by atoms with E-state index in [1.807, 2.05) is 0 Å². The molecule has 1 saturated heterocycles. The van der Waals surface area contributed by atoms with E-state index in [9.17, 15) is 13.2 Å². The molecule has 1 atom stereocenters. The topological polar surface area (TPSA) is 66.5 Å². The highest BCUT2D eigenvalue weighted by atomic mass is 79.9. The molecule has 1 N–H and O–H groups in total. The molecule has 5 nitrogen and oxygen atoms in total. The predicted molar refractivity (Wildman–Crippen MR) is 106 cm³/mol. The SMILES string of the molecule is O=C(Nc1ccc(Br)c(Cl)c1)C1CCCN(S(=O)(=O)c2ccccc2)C1. The maximum Gasteiger partial charge on any atom is 0.243 e. The molecule has 8 heteroatoms. The number of halogens is 2. The molecule has 3 rings (SSSR count). The van der Waals surface area contributed by atoms with Crippen LogP contribution in [0.1, 0.15) is 12.8 Å². The van der Waals surface area contributed by atoms with Gasteiger partial charge in [-0.3, -0.25) is 4.79 Å². The van der Waals surface area contributed by atoms with Crippen molar-refractivity contribution in [3.8, 4) is 0 Å². The predicted octanol–water partition coefficient (Wildman–Crippen LogP) is 4.14. The second-order valence-electron chi connectivity index (χ2n) is 6.13. The second kappa shape index (κ2) is 8.08. The van der Waals surface area contributed by atoms with Gasteiger partial charge in [-0.2, -0.15) is 4.31 Å². The normalized spacial score (nSPS) is 18.5. The van der Waals surface area contributed by atoms with Crippen LogP contribution >= 0.6 is 27.5 Å². The van der Waals surface area contributed by atoms with Gasteiger partial charge in [-0.25, -0.2) is 8.42 Å². The van der Waals surface area contributed by atoms with Gasteiger partial charge in [0.15, 0.2) is 0 Å². The van der Waals surface area contributed by atoms with Crippen molar-refractivity contribution in [2.75, 3.05) is 18.4 Å². The number of hydrogen-bond donors (Lipinski definition) is 1. The molecule has 0 saturated carbocycles. The molecule has 0 radical (unpaired) electrons. The number of sulfonamides is 1. The third-order valence-corrected chi connectivity index (χ3v) is 7.43. The summed E-state index contributed by atoms with van der Waals surface area (Å²) in [5.41, 5.74) is 0.589. The smallest absolute Gasteiger partial charge is 0.243 e. The number of hydrogen-bond acceptors (Lipinski definition) is 3. The molecule has 1 aliphatic rings. The van der Waals surface area contributed by atoms with Crippen LogP contribution in [0.15, 0.2) is 57.9 Å². The van der Waals surface area contributed by atoms with Gasteiger partial charge >= 0.3 is 0 Å². The van der Waals surface area contributed by atoms with Crippen molar-refractivity contribution in [3.63, 3.8) is 0 Å². The largest absolute Gasteiger partial charge is 0.326 e. The van der Waals surface area contributed by atoms with Gasteiger partial charge in [0, 0.05) is 23.2 Å². The number of carbonyl (C=O) groups is 1. The van der Waals surface area contributed by atoms with E-state index in [4.69, 9.17) is 11.6 Å². The van der Waals surface area contributed by atoms with Gasteiger partial charge in [0.2, 0.25) is 15.9 Å². The first kappa shape index (κ1) is 19.4. The number of amides is 1. The summed E-state index contributed by atoms with van der Waals surface area (Å²) in [6, 6.07) is 13.5. The minimum absolute atomic E-state index is 0.174. The first-order valence-electron chi connectivity index (χ1n) is 8.19. The molecule has 138 valence electrons. The van der Waals surface area contributed by atoms with Crippen molar-refractivity contribution in [2.24, 2.45) is 5.92 Å². The minimum atomic E-state index is -3.59. The van der Waals surface area contributed by atoms with E-state index in [0.717, 1.165) is 4.47 Å². The molecule has 0 aromatic heterocycles. The molecule has 0 spiro atoms. The lowest BCUT2D eigenvalue weighted by atomic mass is 9.99. The van der Waals surface area contributed by atoms with Crippen LogP contribution in [-0.4, -0.2) is 31.7 Å². The standard InChI is InChI=1S/C18H18BrClN2O3S/c19-16-9-8-14(11-17(16)20)21-18(23)13-5-4-10-22(12-13)26(24,25)15-6-2-1-3-7-15/h1-3,6-9,11,13H,4-5,10,12H2,(H,21,23). The highest BCUT2D eigenvalue weighted by Gasteiger charge is 2.33. The van der Waals surface area contributed by atoms with E-state index in [-0.39, 0.29) is 17.3 Å². The van der Waals surface area contributed by atoms with Crippen LogP contribution < -0.4 is 5.32 Å². The van der Waals surface area contributed by atoms with Crippen LogP contribution in [-0.2, 0) is 14.8 Å². The van der Waals surface area contributed by atoms with E-state index in [1.54, 1.807) is 48.5 Å². The number of anilines is 1. The monoisotopic (exact) mass is 456 g/mol. The third-order valence-electron chi connectivity index (χ3n) is 4.32. The zero-order valence-corrected chi connectivity index (χ0v) is 17.0. The Balaban J connectivity index is 1.71. The Labute approximate surface area is 166 Å². The van der Waals surface area contributed by atoms with Gasteiger partial charge in [0.25, 0.3) is 0 Å². The Kier molecular flexibility index (Phi) is 6.02. The maximum absolute atomic E-state index is 12.8. The number of carbonyl (C=O) groups excluding carboxylic acids is 1. The molecule has 2 aromatic rings. The van der Waals surface area contributed by atoms with Crippen molar-refractivity contribution in [1.29, 1.82) is 0 Å². The van der Waals surface area contributed by atoms with Crippen LogP contribution in [0.25, 0.3) is 0 Å². The summed E-state index contributed by atoms with van der Waals surface area (Å²) in [5.74, 6) is -0.596. The fraction of sp³-hybridized carbons (Fsp3) is 0.278. The van der Waals surface area contributed by atoms with Crippen LogP contribution in [0, 0.1) is 5.92 Å². The number of nitrogens with zero attached hydrogens (tertiary/aromatic N) is 1. The van der Waals surface area contributed by atoms with Crippen molar-refractivity contribution < 1.29 is 13.2 Å². The molecule has 1 aliphatic heterocycles. The molecular weight excluding hydrogens is 440 g/mol. The molecule has 1 heterocycles. The quantitative estimate of drug-likeness (QED) is 0.750. The highest BCUT2D eigenvalue weighted by molar-refractivity contribution is 9.10. The summed E-state index contributed by atoms with van der Waals surface area (Å²) in [6.45, 7) is 0.596. The molecule has 0 aliphatic carbocycles. The molecular formula is C18H18BrClN2O3S. The summed E-state index contributed by atoms with van der Waals surface area (Å²) < 4.78 is 27.7. The number of rotatable bonds is 4. The first-order valence-corrected chi connectivity index (χ1v) is 10.8. The molecule has 1 unspecified atom stereocenters. The Morgan fingerprint density at radius 1 is 1.19 bits per heavy atom. The Bertz CT molecular complexity index is 906. The minimum Gasteiger partial charge on any atom is -0.326 e. The molecule has 1 fully saturated rings. The van der Waals surface area contributed by atoms with Gasteiger partial charge < -0.3 is 5.32 Å². The van der Waals surface area contributed by atoms with Crippen LogP contribution in [0.3, 0.4) is 0 Å². The van der Waals surface area contributed by atoms with E-state index >= 15 is 0 Å². The van der Waals surface area contributed by atoms with E-state index < -0.39 is 15.9 Å². The van der Waals surface area contributed by atoms with E-state index in [1.165, 1.54) is 4.31 Å². The fourth-order valence-electron chi connectivity index (χ4n) is 2.93. The summed E-state index contributed by atoms with van der Waals surface area (Å²) in [7, 11) is -3.59. The Hall–Kier alpha value is -1.41. The number of benzene rings is 2. The van der Waals surface area contributed by atoms with Crippen molar-refractivity contribution >= 4 is 49.1 Å². The molecule has 26 heavy (non-hydrogen) atoms. The van der Waals surface area contributed by atoms with Gasteiger partial charge in [-0.15, -0.1) is 0 Å². The van der Waals surface area contributed by atoms with Crippen molar-refractivity contribution in [3.05, 3.63) is 58.0 Å². The third kappa shape index (κ3) is 4.28. The first-order chi connectivity index (χ1) is 12.4. The zero-order chi connectivity index (χ0) is 18.7. The zero-order valence-electron chi connectivity index (χ0n) is 13.9. The highest BCUT2D eigenvalue weighted by Crippen LogP contribution is 2.27. The average molecular weight is 458 g/mol. The van der Waals surface area contributed by atoms with Gasteiger partial charge in [-0.1, -0.05) is 29.8 Å². The van der Waals surface area contributed by atoms with E-state index in [0.29, 0.717) is 30.1 Å². The average Bonchev–Trinajstić information content (AvgIpc) is 2.65. The summed E-state index contributed by atoms with van der Waals surface area (Å²) in [6.07, 6.45) is 1.29. The molecule has 1 amide bonds. The summed E-state index contributed by atoms with van der Waals surface area (Å²) in [4.78, 5) is 12.8. The molecule has 0 bridgehead atoms. The van der Waals surface area contributed by atoms with Gasteiger partial charge in [0.1, 0.15) is 0 Å². The Morgan fingerprint density at radius 3 is 2.62 bits per heavy atom. The number of piperidine rings is 1. The fourth-order valence-corrected chi connectivity index (χ4v) is 4.91. The van der Waals surface area contributed by atoms with Gasteiger partial charge in [0.05, 0.1) is 15.8 Å². The maximum atomic E-state index is 12.8. The second-order valence-corrected chi connectivity index (χ2v) is 9.33. The van der Waals surface area contributed by atoms with E-state index in [2.05, 4.69) is 21.2 Å². The summed E-state index contributed by atoms with van der Waals surface area (Å²) >= 11 is 9.35. The van der Waals surface area contributed by atoms with Crippen molar-refractivity contribution in [2.45, 2.75) is 17.7 Å². The lowest BCUT2D eigenvalue weighted by Gasteiger charge is -2.31. The summed E-state index contributed by atoms with van der Waals surface area (Å²) in [5, 5.41) is 3.33. The lowest BCUT2D eigenvalue weighted by molar-refractivity contribution is -0.120. The van der Waals surface area contributed by atoms with Crippen LogP contribution in [0.4, 0.5) is 5.69 Å². The lowest BCUT2D eigenvalue weighted by Crippen LogP contribution is -2.43.